The van der Waals surface area contributed by atoms with Gasteiger partial charge in [0.05, 0.1) is 12.7 Å². The quantitative estimate of drug-likeness (QED) is 0.782. The van der Waals surface area contributed by atoms with Crippen molar-refractivity contribution >= 4 is 5.69 Å². The number of benzene rings is 1. The van der Waals surface area contributed by atoms with Gasteiger partial charge in [-0.3, -0.25) is 0 Å². The largest absolute Gasteiger partial charge is 0.383 e. The van der Waals surface area contributed by atoms with Crippen LogP contribution >= 0.6 is 0 Å². The molecule has 118 valence electrons. The van der Waals surface area contributed by atoms with Gasteiger partial charge < -0.3 is 19.7 Å². The highest BCUT2D eigenvalue weighted by molar-refractivity contribution is 5.54. The van der Waals surface area contributed by atoms with Gasteiger partial charge in [0.2, 0.25) is 0 Å². The van der Waals surface area contributed by atoms with Gasteiger partial charge in [0.15, 0.2) is 0 Å². The predicted molar refractivity (Wildman–Crippen MR) is 86.8 cm³/mol. The normalized spacial score (nSPS) is 22.5. The van der Waals surface area contributed by atoms with E-state index in [1.165, 1.54) is 17.7 Å². The lowest BCUT2D eigenvalue weighted by atomic mass is 9.95. The Balaban J connectivity index is 2.01. The molecule has 0 bridgehead atoms. The Labute approximate surface area is 128 Å². The topological polar surface area (TPSA) is 33.7 Å². The monoisotopic (exact) mass is 292 g/mol. The molecule has 1 fully saturated rings. The summed E-state index contributed by atoms with van der Waals surface area (Å²) in [6, 6.07) is 8.65. The Hall–Kier alpha value is -1.10. The van der Waals surface area contributed by atoms with E-state index in [9.17, 15) is 0 Å². The molecule has 1 N–H and O–H groups in total. The van der Waals surface area contributed by atoms with Gasteiger partial charge in [-0.1, -0.05) is 25.1 Å². The molecule has 0 amide bonds. The molecule has 0 saturated carbocycles. The van der Waals surface area contributed by atoms with Crippen LogP contribution in [0.3, 0.4) is 0 Å². The Morgan fingerprint density at radius 1 is 1.29 bits per heavy atom. The second-order valence-corrected chi connectivity index (χ2v) is 5.78. The number of rotatable bonds is 7. The summed E-state index contributed by atoms with van der Waals surface area (Å²) in [5.41, 5.74) is 2.68. The zero-order valence-electron chi connectivity index (χ0n) is 13.5. The van der Waals surface area contributed by atoms with E-state index in [2.05, 4.69) is 41.4 Å². The molecule has 4 nitrogen and oxygen atoms in total. The van der Waals surface area contributed by atoms with Crippen molar-refractivity contribution in [1.29, 1.82) is 0 Å². The summed E-state index contributed by atoms with van der Waals surface area (Å²) in [6.45, 7) is 6.87. The van der Waals surface area contributed by atoms with Gasteiger partial charge in [-0.25, -0.2) is 0 Å². The van der Waals surface area contributed by atoms with Gasteiger partial charge in [0.25, 0.3) is 0 Å². The van der Waals surface area contributed by atoms with E-state index in [0.717, 1.165) is 32.8 Å². The Bertz CT molecular complexity index is 425. The number of hydrogen-bond donors (Lipinski definition) is 1. The maximum atomic E-state index is 5.63. The summed E-state index contributed by atoms with van der Waals surface area (Å²) >= 11 is 0. The highest BCUT2D eigenvalue weighted by atomic mass is 16.5. The van der Waals surface area contributed by atoms with Crippen LogP contribution in [-0.2, 0) is 16.0 Å². The molecule has 1 aromatic carbocycles. The third kappa shape index (κ3) is 4.43. The summed E-state index contributed by atoms with van der Waals surface area (Å²) in [5.74, 6) is 0.637. The first-order valence-corrected chi connectivity index (χ1v) is 7.81. The van der Waals surface area contributed by atoms with Crippen molar-refractivity contribution in [1.82, 2.24) is 5.32 Å². The van der Waals surface area contributed by atoms with Gasteiger partial charge in [0.1, 0.15) is 0 Å². The first-order valence-electron chi connectivity index (χ1n) is 7.81. The smallest absolute Gasteiger partial charge is 0.0772 e. The van der Waals surface area contributed by atoms with Gasteiger partial charge in [-0.2, -0.15) is 0 Å². The van der Waals surface area contributed by atoms with Gasteiger partial charge in [0, 0.05) is 46.1 Å². The third-order valence-corrected chi connectivity index (χ3v) is 4.32. The molecule has 0 aromatic heterocycles. The van der Waals surface area contributed by atoms with Crippen LogP contribution in [0.1, 0.15) is 18.9 Å². The first kappa shape index (κ1) is 16.3. The van der Waals surface area contributed by atoms with Crippen LogP contribution in [0.25, 0.3) is 0 Å². The van der Waals surface area contributed by atoms with Crippen molar-refractivity contribution in [3.63, 3.8) is 0 Å². The van der Waals surface area contributed by atoms with Crippen LogP contribution in [0.4, 0.5) is 5.69 Å². The van der Waals surface area contributed by atoms with E-state index >= 15 is 0 Å². The van der Waals surface area contributed by atoms with Crippen molar-refractivity contribution in [2.45, 2.75) is 26.0 Å². The lowest BCUT2D eigenvalue weighted by Gasteiger charge is -2.38. The molecular formula is C17H28N2O2. The number of para-hydroxylation sites is 1. The number of hydrogen-bond acceptors (Lipinski definition) is 4. The molecule has 2 atom stereocenters. The zero-order chi connectivity index (χ0) is 15.1. The van der Waals surface area contributed by atoms with E-state index in [4.69, 9.17) is 9.47 Å². The minimum Gasteiger partial charge on any atom is -0.383 e. The molecule has 1 heterocycles. The fourth-order valence-corrected chi connectivity index (χ4v) is 2.93. The summed E-state index contributed by atoms with van der Waals surface area (Å²) in [5, 5.41) is 3.43. The summed E-state index contributed by atoms with van der Waals surface area (Å²) in [6.07, 6.45) is 1.51. The Morgan fingerprint density at radius 3 is 2.86 bits per heavy atom. The molecular weight excluding hydrogens is 264 g/mol. The molecule has 1 aromatic rings. The van der Waals surface area contributed by atoms with Crippen molar-refractivity contribution in [3.05, 3.63) is 29.8 Å². The minimum absolute atomic E-state index is 0.327. The van der Waals surface area contributed by atoms with Crippen LogP contribution in [0.2, 0.25) is 0 Å². The lowest BCUT2D eigenvalue weighted by molar-refractivity contribution is 0.0498. The molecule has 2 rings (SSSR count). The van der Waals surface area contributed by atoms with Crippen molar-refractivity contribution in [2.24, 2.45) is 5.92 Å². The average Bonchev–Trinajstić information content (AvgIpc) is 2.52. The van der Waals surface area contributed by atoms with Crippen LogP contribution in [0.15, 0.2) is 24.3 Å². The number of ether oxygens (including phenoxy) is 2. The molecule has 1 aliphatic rings. The van der Waals surface area contributed by atoms with Crippen LogP contribution < -0.4 is 10.2 Å². The third-order valence-electron chi connectivity index (χ3n) is 4.32. The van der Waals surface area contributed by atoms with E-state index in [-0.39, 0.29) is 0 Å². The Kier molecular flexibility index (Phi) is 6.49. The van der Waals surface area contributed by atoms with Crippen LogP contribution in [-0.4, -0.2) is 46.6 Å². The molecule has 0 aliphatic carbocycles. The van der Waals surface area contributed by atoms with E-state index in [1.807, 2.05) is 7.11 Å². The standard InChI is InChI=1S/C17H28N2O2/c1-14-8-10-19(13-17(14)21-3)16-7-5-4-6-15(16)12-18-9-11-20-2/h4-7,14,17-18H,8-13H2,1-3H3. The second-order valence-electron chi connectivity index (χ2n) is 5.78. The highest BCUT2D eigenvalue weighted by Gasteiger charge is 2.26. The number of methoxy groups -OCH3 is 2. The van der Waals surface area contributed by atoms with E-state index in [0.29, 0.717) is 12.0 Å². The molecule has 2 unspecified atom stereocenters. The van der Waals surface area contributed by atoms with Crippen molar-refractivity contribution in [2.75, 3.05) is 45.4 Å². The maximum Gasteiger partial charge on any atom is 0.0772 e. The Morgan fingerprint density at radius 2 is 2.10 bits per heavy atom. The fraction of sp³-hybridized carbons (Fsp3) is 0.647. The maximum absolute atomic E-state index is 5.63. The van der Waals surface area contributed by atoms with E-state index < -0.39 is 0 Å². The minimum atomic E-state index is 0.327. The lowest BCUT2D eigenvalue weighted by Crippen LogP contribution is -2.44. The summed E-state index contributed by atoms with van der Waals surface area (Å²) in [7, 11) is 3.55. The SMILES string of the molecule is COCCNCc1ccccc1N1CCC(C)C(OC)C1. The fourth-order valence-electron chi connectivity index (χ4n) is 2.93. The predicted octanol–water partition coefficient (Wildman–Crippen LogP) is 2.28. The number of nitrogens with zero attached hydrogens (tertiary/aromatic N) is 1. The summed E-state index contributed by atoms with van der Waals surface area (Å²) in [4.78, 5) is 2.46. The summed E-state index contributed by atoms with van der Waals surface area (Å²) < 4.78 is 10.7. The van der Waals surface area contributed by atoms with Crippen LogP contribution in [0, 0.1) is 5.92 Å². The molecule has 4 heteroatoms. The number of piperidine rings is 1. The first-order chi connectivity index (χ1) is 10.3. The van der Waals surface area contributed by atoms with Crippen molar-refractivity contribution in [3.8, 4) is 0 Å². The van der Waals surface area contributed by atoms with E-state index in [1.54, 1.807) is 7.11 Å². The van der Waals surface area contributed by atoms with Gasteiger partial charge in [-0.05, 0) is 24.0 Å². The molecule has 0 radical (unpaired) electrons. The van der Waals surface area contributed by atoms with Gasteiger partial charge in [-0.15, -0.1) is 0 Å². The second kappa shape index (κ2) is 8.37. The average molecular weight is 292 g/mol. The van der Waals surface area contributed by atoms with Crippen molar-refractivity contribution < 1.29 is 9.47 Å². The number of anilines is 1. The molecule has 21 heavy (non-hydrogen) atoms. The van der Waals surface area contributed by atoms with Gasteiger partial charge >= 0.3 is 0 Å². The molecule has 1 saturated heterocycles. The zero-order valence-corrected chi connectivity index (χ0v) is 13.5. The molecule has 1 aliphatic heterocycles. The highest BCUT2D eigenvalue weighted by Crippen LogP contribution is 2.27. The molecule has 0 spiro atoms. The number of nitrogens with one attached hydrogen (secondary N) is 1. The van der Waals surface area contributed by atoms with Crippen LogP contribution in [0.5, 0.6) is 0 Å².